The van der Waals surface area contributed by atoms with Crippen molar-refractivity contribution in [2.24, 2.45) is 0 Å². The van der Waals surface area contributed by atoms with Gasteiger partial charge in [-0.1, -0.05) is 12.1 Å². The molecule has 1 N–H and O–H groups in total. The average molecular weight is 346 g/mol. The van der Waals surface area contributed by atoms with Gasteiger partial charge in [0, 0.05) is 18.7 Å². The molecule has 1 unspecified atom stereocenters. The second-order valence-corrected chi connectivity index (χ2v) is 6.35. The maximum absolute atomic E-state index is 12.3. The van der Waals surface area contributed by atoms with E-state index >= 15 is 0 Å². The zero-order valence-electron chi connectivity index (χ0n) is 14.2. The first-order valence-electron chi connectivity index (χ1n) is 8.65. The van der Waals surface area contributed by atoms with Gasteiger partial charge in [0.05, 0.1) is 17.7 Å². The zero-order chi connectivity index (χ0) is 17.9. The van der Waals surface area contributed by atoms with Gasteiger partial charge in [0.15, 0.2) is 5.58 Å². The lowest BCUT2D eigenvalue weighted by Crippen LogP contribution is -2.40. The standard InChI is InChI=1S/C20H18N4O2/c21-12-14-7-9-15(10-8-14)19(25)22-13-16-4-3-11-24(16)20-23-17-5-1-2-6-18(17)26-20/h1-2,5-10,16H,3-4,11,13H2,(H,22,25). The fourth-order valence-corrected chi connectivity index (χ4v) is 3.29. The van der Waals surface area contributed by atoms with Gasteiger partial charge in [-0.25, -0.2) is 0 Å². The summed E-state index contributed by atoms with van der Waals surface area (Å²) >= 11 is 0. The fourth-order valence-electron chi connectivity index (χ4n) is 3.29. The van der Waals surface area contributed by atoms with E-state index in [4.69, 9.17) is 9.68 Å². The van der Waals surface area contributed by atoms with Crippen LogP contribution < -0.4 is 10.2 Å². The Bertz CT molecular complexity index is 938. The second kappa shape index (κ2) is 6.89. The highest BCUT2D eigenvalue weighted by atomic mass is 16.4. The SMILES string of the molecule is N#Cc1ccc(C(=O)NCC2CCCN2c2nc3ccccc3o2)cc1. The highest BCUT2D eigenvalue weighted by Gasteiger charge is 2.28. The number of nitrogens with one attached hydrogen (secondary N) is 1. The zero-order valence-corrected chi connectivity index (χ0v) is 14.2. The number of para-hydroxylation sites is 2. The number of hydrogen-bond acceptors (Lipinski definition) is 5. The first kappa shape index (κ1) is 16.2. The molecule has 2 aromatic carbocycles. The minimum Gasteiger partial charge on any atom is -0.423 e. The molecule has 0 spiro atoms. The molecule has 1 amide bonds. The predicted molar refractivity (Wildman–Crippen MR) is 97.9 cm³/mol. The minimum atomic E-state index is -0.140. The van der Waals surface area contributed by atoms with Crippen LogP contribution in [-0.4, -0.2) is 30.0 Å². The molecule has 0 saturated carbocycles. The number of fused-ring (bicyclic) bond motifs is 1. The first-order chi connectivity index (χ1) is 12.7. The van der Waals surface area contributed by atoms with Gasteiger partial charge in [-0.15, -0.1) is 0 Å². The molecule has 130 valence electrons. The molecule has 1 aliphatic heterocycles. The summed E-state index contributed by atoms with van der Waals surface area (Å²) in [5, 5.41) is 11.8. The smallest absolute Gasteiger partial charge is 0.298 e. The maximum Gasteiger partial charge on any atom is 0.298 e. The summed E-state index contributed by atoms with van der Waals surface area (Å²) < 4.78 is 5.87. The van der Waals surface area contributed by atoms with Crippen molar-refractivity contribution in [2.75, 3.05) is 18.0 Å². The Balaban J connectivity index is 1.43. The van der Waals surface area contributed by atoms with Crippen LogP contribution in [0.1, 0.15) is 28.8 Å². The van der Waals surface area contributed by atoms with Crippen molar-refractivity contribution in [3.8, 4) is 6.07 Å². The Kier molecular flexibility index (Phi) is 4.28. The number of carbonyl (C=O) groups is 1. The van der Waals surface area contributed by atoms with Crippen LogP contribution in [0.2, 0.25) is 0 Å². The van der Waals surface area contributed by atoms with Crippen molar-refractivity contribution in [3.05, 3.63) is 59.7 Å². The Morgan fingerprint density at radius 3 is 2.85 bits per heavy atom. The minimum absolute atomic E-state index is 0.140. The van der Waals surface area contributed by atoms with Gasteiger partial charge in [-0.05, 0) is 49.2 Å². The number of nitrogens with zero attached hydrogens (tertiary/aromatic N) is 3. The van der Waals surface area contributed by atoms with E-state index in [9.17, 15) is 4.79 Å². The van der Waals surface area contributed by atoms with Crippen LogP contribution >= 0.6 is 0 Å². The Labute approximate surface area is 151 Å². The molecule has 1 aromatic heterocycles. The third-order valence-corrected chi connectivity index (χ3v) is 4.68. The number of nitriles is 1. The van der Waals surface area contributed by atoms with Crippen LogP contribution in [0, 0.1) is 11.3 Å². The van der Waals surface area contributed by atoms with Crippen LogP contribution in [0.25, 0.3) is 11.1 Å². The van der Waals surface area contributed by atoms with Crippen molar-refractivity contribution in [3.63, 3.8) is 0 Å². The molecule has 1 saturated heterocycles. The second-order valence-electron chi connectivity index (χ2n) is 6.35. The number of hydrogen-bond donors (Lipinski definition) is 1. The number of aromatic nitrogens is 1. The lowest BCUT2D eigenvalue weighted by atomic mass is 10.1. The maximum atomic E-state index is 12.3. The van der Waals surface area contributed by atoms with Gasteiger partial charge in [-0.3, -0.25) is 4.79 Å². The molecule has 1 fully saturated rings. The molecule has 1 aliphatic rings. The van der Waals surface area contributed by atoms with Crippen LogP contribution in [0.5, 0.6) is 0 Å². The lowest BCUT2D eigenvalue weighted by Gasteiger charge is -2.23. The van der Waals surface area contributed by atoms with E-state index in [0.29, 0.717) is 23.7 Å². The van der Waals surface area contributed by atoms with Gasteiger partial charge < -0.3 is 14.6 Å². The molecule has 4 rings (SSSR count). The number of amides is 1. The summed E-state index contributed by atoms with van der Waals surface area (Å²) in [5.41, 5.74) is 2.71. The van der Waals surface area contributed by atoms with Gasteiger partial charge >= 0.3 is 0 Å². The largest absolute Gasteiger partial charge is 0.423 e. The third kappa shape index (κ3) is 3.11. The quantitative estimate of drug-likeness (QED) is 0.785. The van der Waals surface area contributed by atoms with Crippen LogP contribution in [-0.2, 0) is 0 Å². The van der Waals surface area contributed by atoms with E-state index in [-0.39, 0.29) is 11.9 Å². The highest BCUT2D eigenvalue weighted by molar-refractivity contribution is 5.94. The van der Waals surface area contributed by atoms with E-state index in [1.54, 1.807) is 24.3 Å². The number of carbonyl (C=O) groups excluding carboxylic acids is 1. The molecule has 6 nitrogen and oxygen atoms in total. The average Bonchev–Trinajstić information content (AvgIpc) is 3.32. The molecule has 1 atom stereocenters. The van der Waals surface area contributed by atoms with Gasteiger partial charge in [0.1, 0.15) is 5.52 Å². The topological polar surface area (TPSA) is 82.2 Å². The van der Waals surface area contributed by atoms with Gasteiger partial charge in [-0.2, -0.15) is 10.2 Å². The Morgan fingerprint density at radius 2 is 2.08 bits per heavy atom. The van der Waals surface area contributed by atoms with Gasteiger partial charge in [0.25, 0.3) is 11.9 Å². The van der Waals surface area contributed by atoms with Gasteiger partial charge in [0.2, 0.25) is 0 Å². The van der Waals surface area contributed by atoms with Crippen LogP contribution in [0.3, 0.4) is 0 Å². The highest BCUT2D eigenvalue weighted by Crippen LogP contribution is 2.28. The molecular weight excluding hydrogens is 328 g/mol. The summed E-state index contributed by atoms with van der Waals surface area (Å²) in [5.74, 6) is -0.140. The van der Waals surface area contributed by atoms with Crippen molar-refractivity contribution in [2.45, 2.75) is 18.9 Å². The molecule has 6 heteroatoms. The van der Waals surface area contributed by atoms with E-state index in [2.05, 4.69) is 15.2 Å². The van der Waals surface area contributed by atoms with Crippen LogP contribution in [0.4, 0.5) is 6.01 Å². The molecular formula is C20H18N4O2. The summed E-state index contributed by atoms with van der Waals surface area (Å²) in [6.45, 7) is 1.39. The fraction of sp³-hybridized carbons (Fsp3) is 0.250. The summed E-state index contributed by atoms with van der Waals surface area (Å²) in [6, 6.07) is 17.2. The van der Waals surface area contributed by atoms with Crippen LogP contribution in [0.15, 0.2) is 52.9 Å². The Hall–Kier alpha value is -3.33. The van der Waals surface area contributed by atoms with Crippen molar-refractivity contribution >= 4 is 23.0 Å². The molecule has 0 aliphatic carbocycles. The Morgan fingerprint density at radius 1 is 1.27 bits per heavy atom. The third-order valence-electron chi connectivity index (χ3n) is 4.68. The molecule has 0 radical (unpaired) electrons. The summed E-state index contributed by atoms with van der Waals surface area (Å²) in [6.07, 6.45) is 2.02. The molecule has 0 bridgehead atoms. The first-order valence-corrected chi connectivity index (χ1v) is 8.65. The summed E-state index contributed by atoms with van der Waals surface area (Å²) in [4.78, 5) is 19.0. The molecule has 26 heavy (non-hydrogen) atoms. The molecule has 2 heterocycles. The van der Waals surface area contributed by atoms with E-state index < -0.39 is 0 Å². The monoisotopic (exact) mass is 346 g/mol. The number of oxazole rings is 1. The van der Waals surface area contributed by atoms with E-state index in [1.165, 1.54) is 0 Å². The van der Waals surface area contributed by atoms with Crippen molar-refractivity contribution < 1.29 is 9.21 Å². The van der Waals surface area contributed by atoms with E-state index in [0.717, 1.165) is 30.5 Å². The molecule has 3 aromatic rings. The summed E-state index contributed by atoms with van der Waals surface area (Å²) in [7, 11) is 0. The van der Waals surface area contributed by atoms with Crippen molar-refractivity contribution in [1.29, 1.82) is 5.26 Å². The normalized spacial score (nSPS) is 16.6. The lowest BCUT2D eigenvalue weighted by molar-refractivity contribution is 0.0951. The van der Waals surface area contributed by atoms with Crippen molar-refractivity contribution in [1.82, 2.24) is 10.3 Å². The van der Waals surface area contributed by atoms with E-state index in [1.807, 2.05) is 30.3 Å². The number of anilines is 1. The number of benzene rings is 2. The predicted octanol–water partition coefficient (Wildman–Crippen LogP) is 3.10. The number of rotatable bonds is 4.